The van der Waals surface area contributed by atoms with Gasteiger partial charge in [0.05, 0.1) is 6.04 Å². The molecule has 2 nitrogen and oxygen atoms in total. The second-order valence-corrected chi connectivity index (χ2v) is 3.51. The third-order valence-electron chi connectivity index (χ3n) is 2.54. The van der Waals surface area contributed by atoms with Gasteiger partial charge in [0.2, 0.25) is 0 Å². The van der Waals surface area contributed by atoms with Crippen LogP contribution in [0.3, 0.4) is 0 Å². The molecule has 1 unspecified atom stereocenters. The molecular weight excluding hydrogens is 186 g/mol. The van der Waals surface area contributed by atoms with Gasteiger partial charge in [-0.25, -0.2) is 0 Å². The number of nitrogens with one attached hydrogen (secondary N) is 1. The molecule has 1 aliphatic heterocycles. The molecule has 76 valence electrons. The van der Waals surface area contributed by atoms with Crippen LogP contribution in [-0.2, 0) is 5.92 Å². The van der Waals surface area contributed by atoms with E-state index in [1.807, 2.05) is 0 Å². The fourth-order valence-electron chi connectivity index (χ4n) is 1.76. The first kappa shape index (κ1) is 9.52. The van der Waals surface area contributed by atoms with Crippen LogP contribution in [0.15, 0.2) is 24.5 Å². The van der Waals surface area contributed by atoms with Crippen molar-refractivity contribution in [2.45, 2.75) is 24.8 Å². The molecule has 1 atom stereocenters. The fourth-order valence-corrected chi connectivity index (χ4v) is 1.76. The van der Waals surface area contributed by atoms with Gasteiger partial charge in [-0.3, -0.25) is 4.98 Å². The molecule has 4 heteroatoms. The van der Waals surface area contributed by atoms with Crippen molar-refractivity contribution in [3.63, 3.8) is 0 Å². The molecule has 0 radical (unpaired) electrons. The summed E-state index contributed by atoms with van der Waals surface area (Å²) in [5.74, 6) is -2.80. The predicted molar refractivity (Wildman–Crippen MR) is 49.2 cm³/mol. The molecule has 1 aliphatic rings. The lowest BCUT2D eigenvalue weighted by molar-refractivity contribution is -0.0379. The molecule has 0 aromatic carbocycles. The zero-order valence-electron chi connectivity index (χ0n) is 7.71. The van der Waals surface area contributed by atoms with Crippen LogP contribution in [0.1, 0.15) is 18.4 Å². The maximum atomic E-state index is 13.8. The Hall–Kier alpha value is -1.03. The Morgan fingerprint density at radius 2 is 2.36 bits per heavy atom. The summed E-state index contributed by atoms with van der Waals surface area (Å²) in [5.41, 5.74) is -0.000556. The Labute approximate surface area is 81.4 Å². The van der Waals surface area contributed by atoms with Gasteiger partial charge in [0.15, 0.2) is 0 Å². The van der Waals surface area contributed by atoms with Gasteiger partial charge in [0.25, 0.3) is 5.92 Å². The average Bonchev–Trinajstić information content (AvgIpc) is 2.72. The van der Waals surface area contributed by atoms with Crippen LogP contribution >= 0.6 is 0 Å². The number of nitrogens with zero attached hydrogens (tertiary/aromatic N) is 1. The molecule has 0 aliphatic carbocycles. The first-order chi connectivity index (χ1) is 6.71. The van der Waals surface area contributed by atoms with Gasteiger partial charge in [-0.05, 0) is 31.5 Å². The Morgan fingerprint density at radius 1 is 1.50 bits per heavy atom. The zero-order chi connectivity index (χ0) is 10.0. The second-order valence-electron chi connectivity index (χ2n) is 3.51. The van der Waals surface area contributed by atoms with E-state index < -0.39 is 12.0 Å². The normalized spacial score (nSPS) is 22.6. The zero-order valence-corrected chi connectivity index (χ0v) is 7.71. The van der Waals surface area contributed by atoms with Crippen LogP contribution in [0.2, 0.25) is 0 Å². The highest BCUT2D eigenvalue weighted by molar-refractivity contribution is 5.18. The van der Waals surface area contributed by atoms with E-state index >= 15 is 0 Å². The summed E-state index contributed by atoms with van der Waals surface area (Å²) in [7, 11) is 0. The van der Waals surface area contributed by atoms with Crippen LogP contribution < -0.4 is 5.32 Å². The quantitative estimate of drug-likeness (QED) is 0.785. The summed E-state index contributed by atoms with van der Waals surface area (Å²) in [6.07, 6.45) is 4.09. The van der Waals surface area contributed by atoms with Crippen LogP contribution in [0.5, 0.6) is 0 Å². The van der Waals surface area contributed by atoms with E-state index in [9.17, 15) is 8.78 Å². The molecule has 1 aromatic rings. The van der Waals surface area contributed by atoms with Gasteiger partial charge in [-0.15, -0.1) is 0 Å². The Balaban J connectivity index is 2.22. The average molecular weight is 198 g/mol. The lowest BCUT2D eigenvalue weighted by Crippen LogP contribution is -2.38. The number of alkyl halides is 2. The number of halogens is 2. The molecule has 1 saturated heterocycles. The third-order valence-corrected chi connectivity index (χ3v) is 2.54. The molecule has 2 rings (SSSR count). The maximum absolute atomic E-state index is 13.8. The van der Waals surface area contributed by atoms with Crippen molar-refractivity contribution in [1.82, 2.24) is 10.3 Å². The molecule has 1 N–H and O–H groups in total. The Bertz CT molecular complexity index is 294. The lowest BCUT2D eigenvalue weighted by Gasteiger charge is -2.23. The topological polar surface area (TPSA) is 24.9 Å². The molecule has 0 amide bonds. The molecule has 0 spiro atoms. The summed E-state index contributed by atoms with van der Waals surface area (Å²) in [5, 5.41) is 2.82. The molecule has 1 aromatic heterocycles. The minimum atomic E-state index is -2.80. The molecule has 0 bridgehead atoms. The van der Waals surface area contributed by atoms with Crippen LogP contribution in [0, 0.1) is 0 Å². The van der Waals surface area contributed by atoms with E-state index in [0.717, 1.165) is 6.42 Å². The predicted octanol–water partition coefficient (Wildman–Crippen LogP) is 1.93. The summed E-state index contributed by atoms with van der Waals surface area (Å²) in [6, 6.07) is 2.23. The van der Waals surface area contributed by atoms with E-state index in [0.29, 0.717) is 13.0 Å². The molecular formula is C10H12F2N2. The first-order valence-electron chi connectivity index (χ1n) is 4.73. The van der Waals surface area contributed by atoms with E-state index in [1.165, 1.54) is 24.5 Å². The summed E-state index contributed by atoms with van der Waals surface area (Å²) in [4.78, 5) is 3.71. The van der Waals surface area contributed by atoms with Crippen molar-refractivity contribution in [2.75, 3.05) is 6.54 Å². The summed E-state index contributed by atoms with van der Waals surface area (Å²) < 4.78 is 27.5. The SMILES string of the molecule is FC(F)(c1cccnc1)C1CCCN1. The third kappa shape index (κ3) is 1.62. The number of hydrogen-bond donors (Lipinski definition) is 1. The van der Waals surface area contributed by atoms with E-state index in [-0.39, 0.29) is 5.56 Å². The van der Waals surface area contributed by atoms with Gasteiger partial charge in [-0.1, -0.05) is 0 Å². The summed E-state index contributed by atoms with van der Waals surface area (Å²) in [6.45, 7) is 0.681. The second kappa shape index (κ2) is 3.61. The number of hydrogen-bond acceptors (Lipinski definition) is 2. The van der Waals surface area contributed by atoms with Crippen molar-refractivity contribution in [1.29, 1.82) is 0 Å². The molecule has 2 heterocycles. The fraction of sp³-hybridized carbons (Fsp3) is 0.500. The Morgan fingerprint density at radius 3 is 2.93 bits per heavy atom. The minimum Gasteiger partial charge on any atom is -0.308 e. The first-order valence-corrected chi connectivity index (χ1v) is 4.73. The van der Waals surface area contributed by atoms with Crippen molar-refractivity contribution in [3.8, 4) is 0 Å². The van der Waals surface area contributed by atoms with Gasteiger partial charge in [-0.2, -0.15) is 8.78 Å². The van der Waals surface area contributed by atoms with Crippen molar-refractivity contribution in [2.24, 2.45) is 0 Å². The van der Waals surface area contributed by atoms with Crippen molar-refractivity contribution < 1.29 is 8.78 Å². The smallest absolute Gasteiger partial charge is 0.289 e. The van der Waals surface area contributed by atoms with Crippen LogP contribution in [0.4, 0.5) is 8.78 Å². The van der Waals surface area contributed by atoms with Gasteiger partial charge >= 0.3 is 0 Å². The maximum Gasteiger partial charge on any atom is 0.289 e. The molecule has 1 fully saturated rings. The highest BCUT2D eigenvalue weighted by Gasteiger charge is 2.42. The highest BCUT2D eigenvalue weighted by Crippen LogP contribution is 2.34. The van der Waals surface area contributed by atoms with Crippen molar-refractivity contribution >= 4 is 0 Å². The van der Waals surface area contributed by atoms with E-state index in [2.05, 4.69) is 10.3 Å². The van der Waals surface area contributed by atoms with E-state index in [1.54, 1.807) is 0 Å². The van der Waals surface area contributed by atoms with E-state index in [4.69, 9.17) is 0 Å². The van der Waals surface area contributed by atoms with Crippen molar-refractivity contribution in [3.05, 3.63) is 30.1 Å². The highest BCUT2D eigenvalue weighted by atomic mass is 19.3. The Kier molecular flexibility index (Phi) is 2.46. The number of rotatable bonds is 2. The van der Waals surface area contributed by atoms with Gasteiger partial charge in [0, 0.05) is 18.0 Å². The van der Waals surface area contributed by atoms with Crippen LogP contribution in [0.25, 0.3) is 0 Å². The monoisotopic (exact) mass is 198 g/mol. The van der Waals surface area contributed by atoms with Gasteiger partial charge < -0.3 is 5.32 Å². The van der Waals surface area contributed by atoms with Gasteiger partial charge in [0.1, 0.15) is 0 Å². The lowest BCUT2D eigenvalue weighted by atomic mass is 10.0. The molecule has 0 saturated carbocycles. The number of pyridine rings is 1. The minimum absolute atomic E-state index is 0.000556. The molecule has 14 heavy (non-hydrogen) atoms. The summed E-state index contributed by atoms with van der Waals surface area (Å²) >= 11 is 0. The van der Waals surface area contributed by atoms with Crippen LogP contribution in [-0.4, -0.2) is 17.6 Å². The largest absolute Gasteiger partial charge is 0.308 e. The standard InChI is InChI=1S/C10H12F2N2/c11-10(12,9-4-2-6-14-9)8-3-1-5-13-7-8/h1,3,5,7,9,14H,2,4,6H2. The number of aromatic nitrogens is 1.